The highest BCUT2D eigenvalue weighted by molar-refractivity contribution is 5.76. The van der Waals surface area contributed by atoms with Crippen molar-refractivity contribution in [2.24, 2.45) is 0 Å². The normalized spacial score (nSPS) is 14.1. The van der Waals surface area contributed by atoms with Crippen molar-refractivity contribution >= 4 is 11.6 Å². The van der Waals surface area contributed by atoms with Gasteiger partial charge in [-0.25, -0.2) is 18.9 Å². The Labute approximate surface area is 156 Å². The molecule has 1 aliphatic heterocycles. The molecular weight excluding hydrogens is 346 g/mol. The fourth-order valence-corrected chi connectivity index (χ4v) is 3.41. The molecule has 1 aromatic carbocycles. The number of benzene rings is 1. The van der Waals surface area contributed by atoms with E-state index >= 15 is 0 Å². The largest absolute Gasteiger partial charge is 0.497 e. The minimum Gasteiger partial charge on any atom is -0.497 e. The van der Waals surface area contributed by atoms with Crippen LogP contribution in [0.3, 0.4) is 0 Å². The predicted molar refractivity (Wildman–Crippen MR) is 99.8 cm³/mol. The van der Waals surface area contributed by atoms with E-state index in [-0.39, 0.29) is 18.1 Å². The lowest BCUT2D eigenvalue weighted by Gasteiger charge is -2.14. The van der Waals surface area contributed by atoms with Gasteiger partial charge < -0.3 is 9.64 Å². The van der Waals surface area contributed by atoms with Crippen LogP contribution >= 0.6 is 0 Å². The lowest BCUT2D eigenvalue weighted by molar-refractivity contribution is -0.131. The Morgan fingerprint density at radius 1 is 1.19 bits per heavy atom. The molecule has 140 valence electrons. The molecule has 8 nitrogen and oxygen atoms in total. The average molecular weight is 367 g/mol. The first kappa shape index (κ1) is 17.3. The van der Waals surface area contributed by atoms with E-state index < -0.39 is 0 Å². The van der Waals surface area contributed by atoms with Crippen LogP contribution < -0.4 is 10.4 Å². The third-order valence-electron chi connectivity index (χ3n) is 4.87. The zero-order chi connectivity index (χ0) is 19.0. The molecule has 27 heavy (non-hydrogen) atoms. The van der Waals surface area contributed by atoms with E-state index in [4.69, 9.17) is 4.74 Å². The van der Waals surface area contributed by atoms with Crippen LogP contribution in [0.2, 0.25) is 0 Å². The molecule has 1 amide bonds. The van der Waals surface area contributed by atoms with Crippen LogP contribution in [0.15, 0.2) is 35.1 Å². The molecule has 3 heterocycles. The number of fused-ring (bicyclic) bond motifs is 1. The first-order valence-corrected chi connectivity index (χ1v) is 8.96. The number of hydrogen-bond donors (Lipinski definition) is 0. The third kappa shape index (κ3) is 3.18. The fourth-order valence-electron chi connectivity index (χ4n) is 3.41. The average Bonchev–Trinajstić information content (AvgIpc) is 3.31. The highest BCUT2D eigenvalue weighted by Crippen LogP contribution is 2.21. The summed E-state index contributed by atoms with van der Waals surface area (Å²) in [6, 6.07) is 9.28. The van der Waals surface area contributed by atoms with E-state index in [0.717, 1.165) is 37.2 Å². The summed E-state index contributed by atoms with van der Waals surface area (Å²) in [6.45, 7) is 3.22. The van der Waals surface area contributed by atoms with Crippen molar-refractivity contribution in [2.45, 2.75) is 26.3 Å². The maximum absolute atomic E-state index is 12.7. The number of rotatable bonds is 4. The Kier molecular flexibility index (Phi) is 4.39. The standard InChI is InChI=1S/C19H21N5O3/c1-13-20-16(14-5-7-15(27-2)8-6-14)11-17-21-23(19(26)24(13)17)12-18(25)22-9-3-4-10-22/h5-8,11H,3-4,9-10,12H2,1-2H3. The minimum absolute atomic E-state index is 0.0438. The molecule has 1 saturated heterocycles. The van der Waals surface area contributed by atoms with E-state index in [9.17, 15) is 9.59 Å². The number of methoxy groups -OCH3 is 1. The Morgan fingerprint density at radius 3 is 2.56 bits per heavy atom. The molecule has 0 radical (unpaired) electrons. The first-order chi connectivity index (χ1) is 13.1. The Balaban J connectivity index is 1.69. The maximum Gasteiger partial charge on any atom is 0.352 e. The van der Waals surface area contributed by atoms with Gasteiger partial charge in [0.15, 0.2) is 5.65 Å². The van der Waals surface area contributed by atoms with Gasteiger partial charge in [0, 0.05) is 24.7 Å². The van der Waals surface area contributed by atoms with Crippen molar-refractivity contribution in [3.63, 3.8) is 0 Å². The second-order valence-corrected chi connectivity index (χ2v) is 6.64. The van der Waals surface area contributed by atoms with Gasteiger partial charge in [-0.05, 0) is 44.0 Å². The Morgan fingerprint density at radius 2 is 1.89 bits per heavy atom. The molecule has 1 aliphatic rings. The number of hydrogen-bond acceptors (Lipinski definition) is 5. The summed E-state index contributed by atoms with van der Waals surface area (Å²) in [5.41, 5.74) is 1.75. The van der Waals surface area contributed by atoms with E-state index in [2.05, 4.69) is 10.1 Å². The highest BCUT2D eigenvalue weighted by Gasteiger charge is 2.20. The molecule has 1 fully saturated rings. The van der Waals surface area contributed by atoms with Gasteiger partial charge in [-0.2, -0.15) is 0 Å². The van der Waals surface area contributed by atoms with Crippen molar-refractivity contribution in [2.75, 3.05) is 20.2 Å². The van der Waals surface area contributed by atoms with Crippen molar-refractivity contribution in [1.29, 1.82) is 0 Å². The van der Waals surface area contributed by atoms with Crippen LogP contribution in [-0.2, 0) is 11.3 Å². The topological polar surface area (TPSA) is 81.7 Å². The van der Waals surface area contributed by atoms with Crippen LogP contribution in [0.4, 0.5) is 0 Å². The molecule has 0 aliphatic carbocycles. The van der Waals surface area contributed by atoms with Gasteiger partial charge in [0.05, 0.1) is 12.8 Å². The van der Waals surface area contributed by atoms with Gasteiger partial charge in [-0.3, -0.25) is 4.79 Å². The van der Waals surface area contributed by atoms with Gasteiger partial charge in [0.2, 0.25) is 5.91 Å². The number of aromatic nitrogens is 4. The van der Waals surface area contributed by atoms with E-state index in [1.807, 2.05) is 24.3 Å². The maximum atomic E-state index is 12.7. The molecule has 0 unspecified atom stereocenters. The Bertz CT molecular complexity index is 1050. The number of ether oxygens (including phenoxy) is 1. The van der Waals surface area contributed by atoms with E-state index in [1.54, 1.807) is 25.0 Å². The molecule has 8 heteroatoms. The summed E-state index contributed by atoms with van der Waals surface area (Å²) in [6.07, 6.45) is 2.03. The number of nitrogens with zero attached hydrogens (tertiary/aromatic N) is 5. The summed E-state index contributed by atoms with van der Waals surface area (Å²) < 4.78 is 7.84. The lowest BCUT2D eigenvalue weighted by Crippen LogP contribution is -2.35. The molecule has 4 rings (SSSR count). The molecule has 3 aromatic rings. The third-order valence-corrected chi connectivity index (χ3v) is 4.87. The molecule has 2 aromatic heterocycles. The second kappa shape index (κ2) is 6.86. The highest BCUT2D eigenvalue weighted by atomic mass is 16.5. The molecular formula is C19H21N5O3. The van der Waals surface area contributed by atoms with E-state index in [0.29, 0.717) is 17.2 Å². The molecule has 0 bridgehead atoms. The first-order valence-electron chi connectivity index (χ1n) is 8.96. The number of aryl methyl sites for hydroxylation is 1. The molecule has 0 spiro atoms. The fraction of sp³-hybridized carbons (Fsp3) is 0.368. The van der Waals surface area contributed by atoms with Crippen molar-refractivity contribution in [3.8, 4) is 17.0 Å². The number of likely N-dealkylation sites (tertiary alicyclic amines) is 1. The summed E-state index contributed by atoms with van der Waals surface area (Å²) >= 11 is 0. The number of amides is 1. The van der Waals surface area contributed by atoms with Gasteiger partial charge in [0.25, 0.3) is 0 Å². The smallest absolute Gasteiger partial charge is 0.352 e. The van der Waals surface area contributed by atoms with E-state index in [1.165, 1.54) is 9.08 Å². The summed E-state index contributed by atoms with van der Waals surface area (Å²) in [5.74, 6) is 1.22. The SMILES string of the molecule is COc1ccc(-c2cc3nn(CC(=O)N4CCCC4)c(=O)n3c(C)n2)cc1. The Hall–Kier alpha value is -3.16. The van der Waals surface area contributed by atoms with Crippen molar-refractivity contribution < 1.29 is 9.53 Å². The number of carbonyl (C=O) groups is 1. The van der Waals surface area contributed by atoms with Gasteiger partial charge >= 0.3 is 5.69 Å². The quantitative estimate of drug-likeness (QED) is 0.698. The predicted octanol–water partition coefficient (Wildman–Crippen LogP) is 1.50. The minimum atomic E-state index is -0.344. The van der Waals surface area contributed by atoms with Crippen molar-refractivity contribution in [3.05, 3.63) is 46.6 Å². The van der Waals surface area contributed by atoms with Crippen LogP contribution in [0, 0.1) is 6.92 Å². The van der Waals surface area contributed by atoms with Crippen LogP contribution in [0.5, 0.6) is 5.75 Å². The summed E-state index contributed by atoms with van der Waals surface area (Å²) in [5, 5.41) is 4.36. The molecule has 0 saturated carbocycles. The number of carbonyl (C=O) groups excluding carboxylic acids is 1. The second-order valence-electron chi connectivity index (χ2n) is 6.64. The van der Waals surface area contributed by atoms with Gasteiger partial charge in [-0.15, -0.1) is 5.10 Å². The van der Waals surface area contributed by atoms with Crippen LogP contribution in [0.25, 0.3) is 16.9 Å². The lowest BCUT2D eigenvalue weighted by atomic mass is 10.1. The monoisotopic (exact) mass is 367 g/mol. The molecule has 0 N–H and O–H groups in total. The summed E-state index contributed by atoms with van der Waals surface area (Å²) in [4.78, 5) is 31.3. The van der Waals surface area contributed by atoms with Crippen LogP contribution in [0.1, 0.15) is 18.7 Å². The zero-order valence-electron chi connectivity index (χ0n) is 15.4. The summed E-state index contributed by atoms with van der Waals surface area (Å²) in [7, 11) is 1.62. The molecule has 0 atom stereocenters. The van der Waals surface area contributed by atoms with Gasteiger partial charge in [-0.1, -0.05) is 0 Å². The van der Waals surface area contributed by atoms with Crippen molar-refractivity contribution in [1.82, 2.24) is 24.1 Å². The van der Waals surface area contributed by atoms with Gasteiger partial charge in [0.1, 0.15) is 18.1 Å². The van der Waals surface area contributed by atoms with Crippen LogP contribution in [-0.4, -0.2) is 50.2 Å². The zero-order valence-corrected chi connectivity index (χ0v) is 15.4.